The van der Waals surface area contributed by atoms with Gasteiger partial charge in [0.15, 0.2) is 5.75 Å². The summed E-state index contributed by atoms with van der Waals surface area (Å²) in [6.45, 7) is 0.269. The van der Waals surface area contributed by atoms with Gasteiger partial charge in [-0.2, -0.15) is 0 Å². The zero-order valence-electron chi connectivity index (χ0n) is 13.6. The number of carbonyl (C=O) groups is 2. The second kappa shape index (κ2) is 8.44. The third-order valence-corrected chi connectivity index (χ3v) is 5.34. The van der Waals surface area contributed by atoms with Gasteiger partial charge in [0.05, 0.1) is 21.5 Å². The molecule has 0 spiro atoms. The molecular formula is C18H12Cl3NO4S. The summed E-state index contributed by atoms with van der Waals surface area (Å²) in [5.41, 5.74) is 0.505. The molecule has 5 nitrogen and oxygen atoms in total. The Morgan fingerprint density at radius 2 is 1.70 bits per heavy atom. The molecule has 1 saturated heterocycles. The van der Waals surface area contributed by atoms with Crippen LogP contribution in [0.25, 0.3) is 6.08 Å². The smallest absolute Gasteiger partial charge is 0.293 e. The highest BCUT2D eigenvalue weighted by molar-refractivity contribution is 8.18. The van der Waals surface area contributed by atoms with Crippen molar-refractivity contribution >= 4 is 63.8 Å². The summed E-state index contributed by atoms with van der Waals surface area (Å²) in [7, 11) is 0. The number of rotatable bonds is 5. The van der Waals surface area contributed by atoms with Crippen molar-refractivity contribution in [3.05, 3.63) is 61.9 Å². The van der Waals surface area contributed by atoms with Crippen molar-refractivity contribution in [2.75, 3.05) is 13.2 Å². The molecule has 9 heteroatoms. The van der Waals surface area contributed by atoms with E-state index in [2.05, 4.69) is 0 Å². The highest BCUT2D eigenvalue weighted by atomic mass is 35.5. The van der Waals surface area contributed by atoms with Gasteiger partial charge < -0.3 is 9.84 Å². The molecule has 0 radical (unpaired) electrons. The fourth-order valence-electron chi connectivity index (χ4n) is 2.30. The van der Waals surface area contributed by atoms with Gasteiger partial charge in [-0.05, 0) is 59.8 Å². The second-order valence-corrected chi connectivity index (χ2v) is 7.71. The van der Waals surface area contributed by atoms with Crippen LogP contribution >= 0.6 is 46.6 Å². The van der Waals surface area contributed by atoms with Crippen molar-refractivity contribution in [1.82, 2.24) is 4.90 Å². The van der Waals surface area contributed by atoms with E-state index in [9.17, 15) is 14.7 Å². The summed E-state index contributed by atoms with van der Waals surface area (Å²) in [4.78, 5) is 25.9. The maximum Gasteiger partial charge on any atom is 0.293 e. The number of carbonyl (C=O) groups excluding carboxylic acids is 2. The molecule has 2 aromatic carbocycles. The van der Waals surface area contributed by atoms with Gasteiger partial charge >= 0.3 is 0 Å². The van der Waals surface area contributed by atoms with Gasteiger partial charge in [0.1, 0.15) is 12.4 Å². The van der Waals surface area contributed by atoms with Crippen LogP contribution in [0.4, 0.5) is 4.79 Å². The number of nitrogens with zero attached hydrogens (tertiary/aromatic N) is 1. The quantitative estimate of drug-likeness (QED) is 0.620. The molecule has 1 N–H and O–H groups in total. The number of phenolic OH excluding ortho intramolecular Hbond substituents is 1. The number of imide groups is 1. The molecule has 0 unspecified atom stereocenters. The van der Waals surface area contributed by atoms with Gasteiger partial charge in [0.2, 0.25) is 0 Å². The first kappa shape index (κ1) is 19.9. The van der Waals surface area contributed by atoms with Gasteiger partial charge in [-0.3, -0.25) is 14.5 Å². The van der Waals surface area contributed by atoms with Crippen LogP contribution < -0.4 is 4.74 Å². The Labute approximate surface area is 174 Å². The lowest BCUT2D eigenvalue weighted by molar-refractivity contribution is -0.123. The number of halogens is 3. The Hall–Kier alpha value is -1.86. The molecule has 27 heavy (non-hydrogen) atoms. The van der Waals surface area contributed by atoms with E-state index >= 15 is 0 Å². The minimum atomic E-state index is -0.426. The highest BCUT2D eigenvalue weighted by Gasteiger charge is 2.34. The monoisotopic (exact) mass is 443 g/mol. The molecule has 3 rings (SSSR count). The summed E-state index contributed by atoms with van der Waals surface area (Å²) in [6, 6.07) is 9.70. The van der Waals surface area contributed by atoms with Crippen LogP contribution in [0.5, 0.6) is 11.5 Å². The van der Waals surface area contributed by atoms with Gasteiger partial charge in [-0.1, -0.05) is 34.8 Å². The third-order valence-electron chi connectivity index (χ3n) is 3.61. The Balaban J connectivity index is 1.66. The van der Waals surface area contributed by atoms with Crippen molar-refractivity contribution in [3.8, 4) is 11.5 Å². The number of phenols is 1. The molecule has 1 aliphatic heterocycles. The van der Waals surface area contributed by atoms with Gasteiger partial charge in [-0.25, -0.2) is 0 Å². The Kier molecular flexibility index (Phi) is 6.22. The van der Waals surface area contributed by atoms with Gasteiger partial charge in [-0.15, -0.1) is 0 Å². The zero-order valence-corrected chi connectivity index (χ0v) is 16.7. The van der Waals surface area contributed by atoms with E-state index in [0.29, 0.717) is 16.3 Å². The molecule has 1 aliphatic rings. The Morgan fingerprint density at radius 3 is 2.33 bits per heavy atom. The molecule has 0 aromatic heterocycles. The molecule has 140 valence electrons. The van der Waals surface area contributed by atoms with Crippen molar-refractivity contribution in [1.29, 1.82) is 0 Å². The van der Waals surface area contributed by atoms with Crippen molar-refractivity contribution < 1.29 is 19.4 Å². The molecule has 0 saturated carbocycles. The van der Waals surface area contributed by atoms with Crippen LogP contribution in [0.2, 0.25) is 15.1 Å². The van der Waals surface area contributed by atoms with Crippen LogP contribution in [-0.4, -0.2) is 34.3 Å². The van der Waals surface area contributed by atoms with Crippen LogP contribution in [-0.2, 0) is 4.79 Å². The standard InChI is InChI=1S/C18H12Cl3NO4S/c19-11-1-3-12(4-2-11)26-6-5-22-17(24)15(27-18(22)25)9-10-7-13(20)16(23)14(21)8-10/h1-4,7-9,23H,5-6H2/b15-9-. The predicted molar refractivity (Wildman–Crippen MR) is 108 cm³/mol. The Bertz CT molecular complexity index is 908. The summed E-state index contributed by atoms with van der Waals surface area (Å²) < 4.78 is 5.52. The fraction of sp³-hybridized carbons (Fsp3) is 0.111. The lowest BCUT2D eigenvalue weighted by atomic mass is 10.2. The average molecular weight is 445 g/mol. The van der Waals surface area contributed by atoms with Crippen molar-refractivity contribution in [2.24, 2.45) is 0 Å². The molecule has 2 aromatic rings. The first-order valence-electron chi connectivity index (χ1n) is 7.67. The second-order valence-electron chi connectivity index (χ2n) is 5.47. The SMILES string of the molecule is O=C1S/C(=C\c2cc(Cl)c(O)c(Cl)c2)C(=O)N1CCOc1ccc(Cl)cc1. The summed E-state index contributed by atoms with van der Waals surface area (Å²) in [5, 5.41) is 9.92. The molecule has 2 amide bonds. The third kappa shape index (κ3) is 4.71. The Morgan fingerprint density at radius 1 is 1.07 bits per heavy atom. The zero-order chi connectivity index (χ0) is 19.6. The van der Waals surface area contributed by atoms with Gasteiger partial charge in [0, 0.05) is 5.02 Å². The topological polar surface area (TPSA) is 66.8 Å². The first-order valence-corrected chi connectivity index (χ1v) is 9.62. The minimum Gasteiger partial charge on any atom is -0.505 e. The molecular weight excluding hydrogens is 433 g/mol. The van der Waals surface area contributed by atoms with Gasteiger partial charge in [0.25, 0.3) is 11.1 Å². The number of benzene rings is 2. The number of ether oxygens (including phenoxy) is 1. The average Bonchev–Trinajstić information content (AvgIpc) is 2.88. The molecule has 0 aliphatic carbocycles. The van der Waals surface area contributed by atoms with Crippen molar-refractivity contribution in [3.63, 3.8) is 0 Å². The van der Waals surface area contributed by atoms with Crippen LogP contribution in [0.3, 0.4) is 0 Å². The van der Waals surface area contributed by atoms with Crippen LogP contribution in [0, 0.1) is 0 Å². The number of aromatic hydroxyl groups is 1. The molecule has 0 bridgehead atoms. The molecule has 1 fully saturated rings. The van der Waals surface area contributed by atoms with Crippen LogP contribution in [0.15, 0.2) is 41.3 Å². The van der Waals surface area contributed by atoms with Crippen molar-refractivity contribution in [2.45, 2.75) is 0 Å². The summed E-state index contributed by atoms with van der Waals surface area (Å²) in [6.07, 6.45) is 1.50. The summed E-state index contributed by atoms with van der Waals surface area (Å²) >= 11 is 18.4. The van der Waals surface area contributed by atoms with Crippen LogP contribution in [0.1, 0.15) is 5.56 Å². The molecule has 0 atom stereocenters. The van der Waals surface area contributed by atoms with E-state index in [0.717, 1.165) is 16.7 Å². The first-order chi connectivity index (χ1) is 12.8. The lowest BCUT2D eigenvalue weighted by Gasteiger charge is -2.13. The van der Waals surface area contributed by atoms with E-state index in [-0.39, 0.29) is 39.1 Å². The predicted octanol–water partition coefficient (Wildman–Crippen LogP) is 5.47. The molecule has 1 heterocycles. The maximum atomic E-state index is 12.5. The number of hydrogen-bond donors (Lipinski definition) is 1. The van der Waals surface area contributed by atoms with E-state index in [1.807, 2.05) is 0 Å². The minimum absolute atomic E-state index is 0.0596. The highest BCUT2D eigenvalue weighted by Crippen LogP contribution is 2.36. The summed E-state index contributed by atoms with van der Waals surface area (Å²) in [5.74, 6) is -0.0664. The lowest BCUT2D eigenvalue weighted by Crippen LogP contribution is -2.32. The number of hydrogen-bond acceptors (Lipinski definition) is 5. The van der Waals surface area contributed by atoms with E-state index < -0.39 is 5.91 Å². The maximum absolute atomic E-state index is 12.5. The van der Waals surface area contributed by atoms with E-state index in [1.165, 1.54) is 18.2 Å². The fourth-order valence-corrected chi connectivity index (χ4v) is 3.79. The largest absolute Gasteiger partial charge is 0.505 e. The normalized spacial score (nSPS) is 15.7. The number of thioether (sulfide) groups is 1. The van der Waals surface area contributed by atoms with E-state index in [1.54, 1.807) is 24.3 Å². The van der Waals surface area contributed by atoms with E-state index in [4.69, 9.17) is 39.5 Å². The number of amides is 2.